The van der Waals surface area contributed by atoms with Gasteiger partial charge in [0.25, 0.3) is 0 Å². The number of amides is 1. The summed E-state index contributed by atoms with van der Waals surface area (Å²) in [6, 6.07) is 13.6. The number of anilines is 1. The number of hydrogen-bond acceptors (Lipinski definition) is 3. The highest BCUT2D eigenvalue weighted by atomic mass is 19.1. The van der Waals surface area contributed by atoms with Crippen molar-refractivity contribution in [3.05, 3.63) is 65.5 Å². The van der Waals surface area contributed by atoms with E-state index >= 15 is 0 Å². The van der Waals surface area contributed by atoms with E-state index in [1.54, 1.807) is 18.2 Å². The van der Waals surface area contributed by atoms with Gasteiger partial charge < -0.3 is 15.7 Å². The quantitative estimate of drug-likeness (QED) is 0.767. The number of carbonyl (C=O) groups is 1. The Bertz CT molecular complexity index is 676. The fraction of sp³-hybridized carbons (Fsp3) is 0.278. The molecule has 2 rings (SSSR count). The van der Waals surface area contributed by atoms with Gasteiger partial charge in [0.1, 0.15) is 5.82 Å². The monoisotopic (exact) mass is 316 g/mol. The van der Waals surface area contributed by atoms with Crippen LogP contribution in [-0.2, 0) is 4.79 Å². The van der Waals surface area contributed by atoms with Crippen LogP contribution in [0, 0.1) is 5.82 Å². The molecule has 0 bridgehead atoms. The zero-order valence-corrected chi connectivity index (χ0v) is 13.2. The third-order valence-corrected chi connectivity index (χ3v) is 3.59. The summed E-state index contributed by atoms with van der Waals surface area (Å²) >= 11 is 0. The molecule has 0 aliphatic rings. The first kappa shape index (κ1) is 17.1. The van der Waals surface area contributed by atoms with Crippen molar-refractivity contribution in [2.75, 3.05) is 11.9 Å². The number of carbonyl (C=O) groups excluding carboxylic acids is 1. The normalized spacial score (nSPS) is 13.4. The molecule has 0 aromatic heterocycles. The molecule has 0 aliphatic carbocycles. The fourth-order valence-corrected chi connectivity index (χ4v) is 2.35. The van der Waals surface area contributed by atoms with Crippen molar-refractivity contribution in [2.45, 2.75) is 26.0 Å². The highest BCUT2D eigenvalue weighted by molar-refractivity contribution is 5.88. The number of nitrogens with one attached hydrogen (secondary N) is 2. The predicted molar refractivity (Wildman–Crippen MR) is 88.5 cm³/mol. The SMILES string of the molecule is CC(=O)Nc1cccc(C(C)NCC(O)c2ccccc2F)c1. The molecule has 1 amide bonds. The van der Waals surface area contributed by atoms with Crippen LogP contribution in [0.4, 0.5) is 10.1 Å². The second kappa shape index (κ2) is 7.85. The molecule has 23 heavy (non-hydrogen) atoms. The van der Waals surface area contributed by atoms with Gasteiger partial charge in [-0.25, -0.2) is 4.39 Å². The summed E-state index contributed by atoms with van der Waals surface area (Å²) in [5, 5.41) is 16.0. The number of rotatable bonds is 6. The summed E-state index contributed by atoms with van der Waals surface area (Å²) in [5.74, 6) is -0.542. The zero-order valence-electron chi connectivity index (χ0n) is 13.2. The molecule has 2 unspecified atom stereocenters. The van der Waals surface area contributed by atoms with Crippen molar-refractivity contribution >= 4 is 11.6 Å². The first-order chi connectivity index (χ1) is 11.0. The maximum atomic E-state index is 13.6. The van der Waals surface area contributed by atoms with Gasteiger partial charge >= 0.3 is 0 Å². The van der Waals surface area contributed by atoms with Crippen LogP contribution >= 0.6 is 0 Å². The molecule has 0 fully saturated rings. The molecule has 0 radical (unpaired) electrons. The minimum Gasteiger partial charge on any atom is -0.387 e. The Kier molecular flexibility index (Phi) is 5.84. The summed E-state index contributed by atoms with van der Waals surface area (Å²) in [4.78, 5) is 11.1. The molecule has 0 saturated heterocycles. The van der Waals surface area contributed by atoms with Crippen LogP contribution in [0.2, 0.25) is 0 Å². The van der Waals surface area contributed by atoms with Crippen LogP contribution in [0.5, 0.6) is 0 Å². The standard InChI is InChI=1S/C18H21FN2O2/c1-12(14-6-5-7-15(10-14)21-13(2)22)20-11-18(23)16-8-3-4-9-17(16)19/h3-10,12,18,20,23H,11H2,1-2H3,(H,21,22). The molecule has 0 saturated carbocycles. The molecule has 2 aromatic carbocycles. The van der Waals surface area contributed by atoms with Crippen molar-refractivity contribution in [1.82, 2.24) is 5.32 Å². The average Bonchev–Trinajstić information content (AvgIpc) is 2.52. The number of benzene rings is 2. The summed E-state index contributed by atoms with van der Waals surface area (Å²) in [7, 11) is 0. The number of aliphatic hydroxyl groups is 1. The van der Waals surface area contributed by atoms with E-state index in [-0.39, 0.29) is 24.1 Å². The van der Waals surface area contributed by atoms with Crippen molar-refractivity contribution in [3.8, 4) is 0 Å². The summed E-state index contributed by atoms with van der Waals surface area (Å²) in [6.07, 6.45) is -0.919. The Labute approximate surface area is 135 Å². The Morgan fingerprint density at radius 2 is 1.96 bits per heavy atom. The molecule has 5 heteroatoms. The van der Waals surface area contributed by atoms with Crippen LogP contribution < -0.4 is 10.6 Å². The van der Waals surface area contributed by atoms with Gasteiger partial charge in [-0.15, -0.1) is 0 Å². The predicted octanol–water partition coefficient (Wildman–Crippen LogP) is 3.17. The summed E-state index contributed by atoms with van der Waals surface area (Å²) < 4.78 is 13.6. The smallest absolute Gasteiger partial charge is 0.221 e. The molecule has 2 atom stereocenters. The van der Waals surface area contributed by atoms with E-state index in [1.165, 1.54) is 13.0 Å². The summed E-state index contributed by atoms with van der Waals surface area (Å²) in [6.45, 7) is 3.63. The van der Waals surface area contributed by atoms with E-state index in [0.717, 1.165) is 11.3 Å². The van der Waals surface area contributed by atoms with Gasteiger partial charge in [-0.05, 0) is 30.7 Å². The Morgan fingerprint density at radius 3 is 2.65 bits per heavy atom. The third-order valence-electron chi connectivity index (χ3n) is 3.59. The van der Waals surface area contributed by atoms with E-state index in [9.17, 15) is 14.3 Å². The van der Waals surface area contributed by atoms with Crippen LogP contribution in [0.25, 0.3) is 0 Å². The lowest BCUT2D eigenvalue weighted by molar-refractivity contribution is -0.114. The molecule has 3 N–H and O–H groups in total. The van der Waals surface area contributed by atoms with Crippen LogP contribution in [0.1, 0.15) is 37.1 Å². The first-order valence-electron chi connectivity index (χ1n) is 7.51. The number of halogens is 1. The average molecular weight is 316 g/mol. The number of aliphatic hydroxyl groups excluding tert-OH is 1. The molecular formula is C18H21FN2O2. The lowest BCUT2D eigenvalue weighted by Gasteiger charge is -2.18. The lowest BCUT2D eigenvalue weighted by Crippen LogP contribution is -2.25. The maximum absolute atomic E-state index is 13.6. The molecule has 4 nitrogen and oxygen atoms in total. The lowest BCUT2D eigenvalue weighted by atomic mass is 10.1. The Morgan fingerprint density at radius 1 is 1.22 bits per heavy atom. The van der Waals surface area contributed by atoms with E-state index in [1.807, 2.05) is 31.2 Å². The molecule has 2 aromatic rings. The minimum atomic E-state index is -0.919. The van der Waals surface area contributed by atoms with Crippen molar-refractivity contribution < 1.29 is 14.3 Å². The van der Waals surface area contributed by atoms with E-state index < -0.39 is 11.9 Å². The van der Waals surface area contributed by atoms with Gasteiger partial charge in [0, 0.05) is 30.8 Å². The van der Waals surface area contributed by atoms with Gasteiger partial charge in [0.15, 0.2) is 0 Å². The maximum Gasteiger partial charge on any atom is 0.221 e. The highest BCUT2D eigenvalue weighted by Gasteiger charge is 2.14. The van der Waals surface area contributed by atoms with Gasteiger partial charge in [-0.3, -0.25) is 4.79 Å². The van der Waals surface area contributed by atoms with E-state index in [4.69, 9.17) is 0 Å². The topological polar surface area (TPSA) is 61.4 Å². The third kappa shape index (κ3) is 4.87. The van der Waals surface area contributed by atoms with Crippen molar-refractivity contribution in [2.24, 2.45) is 0 Å². The second-order valence-corrected chi connectivity index (χ2v) is 5.47. The first-order valence-corrected chi connectivity index (χ1v) is 7.51. The fourth-order valence-electron chi connectivity index (χ4n) is 2.35. The van der Waals surface area contributed by atoms with Gasteiger partial charge in [0.05, 0.1) is 6.10 Å². The van der Waals surface area contributed by atoms with Gasteiger partial charge in [0.2, 0.25) is 5.91 Å². The van der Waals surface area contributed by atoms with Crippen LogP contribution in [0.3, 0.4) is 0 Å². The molecule has 0 spiro atoms. The second-order valence-electron chi connectivity index (χ2n) is 5.47. The Balaban J connectivity index is 1.98. The van der Waals surface area contributed by atoms with Crippen molar-refractivity contribution in [1.29, 1.82) is 0 Å². The Hall–Kier alpha value is -2.24. The number of hydrogen-bond donors (Lipinski definition) is 3. The molecule has 122 valence electrons. The van der Waals surface area contributed by atoms with E-state index in [0.29, 0.717) is 0 Å². The van der Waals surface area contributed by atoms with Crippen molar-refractivity contribution in [3.63, 3.8) is 0 Å². The van der Waals surface area contributed by atoms with Crippen LogP contribution in [-0.4, -0.2) is 17.6 Å². The highest BCUT2D eigenvalue weighted by Crippen LogP contribution is 2.20. The van der Waals surface area contributed by atoms with E-state index in [2.05, 4.69) is 10.6 Å². The molecule has 0 heterocycles. The molecule has 0 aliphatic heterocycles. The van der Waals surface area contributed by atoms with Crippen LogP contribution in [0.15, 0.2) is 48.5 Å². The summed E-state index contributed by atoms with van der Waals surface area (Å²) in [5.41, 5.74) is 1.97. The van der Waals surface area contributed by atoms with Gasteiger partial charge in [-0.1, -0.05) is 30.3 Å². The van der Waals surface area contributed by atoms with Gasteiger partial charge in [-0.2, -0.15) is 0 Å². The molecular weight excluding hydrogens is 295 g/mol. The zero-order chi connectivity index (χ0) is 16.8. The largest absolute Gasteiger partial charge is 0.387 e. The minimum absolute atomic E-state index is 0.0508.